The van der Waals surface area contributed by atoms with Gasteiger partial charge in [0.2, 0.25) is 5.95 Å². The van der Waals surface area contributed by atoms with E-state index in [1.165, 1.54) is 17.7 Å². The van der Waals surface area contributed by atoms with Crippen molar-refractivity contribution in [3.63, 3.8) is 0 Å². The molecule has 0 amide bonds. The summed E-state index contributed by atoms with van der Waals surface area (Å²) in [4.78, 5) is 10.9. The Kier molecular flexibility index (Phi) is 5.24. The van der Waals surface area contributed by atoms with E-state index in [1.807, 2.05) is 18.2 Å². The minimum atomic E-state index is -4.36. The van der Waals surface area contributed by atoms with E-state index in [1.54, 1.807) is 6.20 Å². The lowest BCUT2D eigenvalue weighted by Gasteiger charge is -2.26. The zero-order chi connectivity index (χ0) is 20.4. The third kappa shape index (κ3) is 4.24. The summed E-state index contributed by atoms with van der Waals surface area (Å²) < 4.78 is 38.7. The highest BCUT2D eigenvalue weighted by atomic mass is 19.4. The van der Waals surface area contributed by atoms with E-state index in [0.29, 0.717) is 5.56 Å². The molecule has 1 atom stereocenters. The first kappa shape index (κ1) is 19.4. The molecule has 0 spiro atoms. The first-order valence-corrected chi connectivity index (χ1v) is 9.50. The fourth-order valence-electron chi connectivity index (χ4n) is 3.87. The van der Waals surface area contributed by atoms with Crippen LogP contribution in [0.5, 0.6) is 0 Å². The molecule has 1 fully saturated rings. The normalized spacial score (nSPS) is 17.6. The van der Waals surface area contributed by atoms with Crippen molar-refractivity contribution in [2.24, 2.45) is 0 Å². The van der Waals surface area contributed by atoms with E-state index in [2.05, 4.69) is 27.0 Å². The van der Waals surface area contributed by atoms with Gasteiger partial charge < -0.3 is 5.73 Å². The SMILES string of the molecule is Nc1ncc(-c2ccc(C(F)(F)F)cc2)c([C@H]2CCCN2Cc2ccccc2)n1. The molecule has 0 bridgehead atoms. The summed E-state index contributed by atoms with van der Waals surface area (Å²) in [5.74, 6) is 0.169. The van der Waals surface area contributed by atoms with Gasteiger partial charge in [0.1, 0.15) is 0 Å². The molecule has 29 heavy (non-hydrogen) atoms. The lowest BCUT2D eigenvalue weighted by atomic mass is 9.98. The van der Waals surface area contributed by atoms with E-state index in [-0.39, 0.29) is 12.0 Å². The molecule has 2 N–H and O–H groups in total. The molecule has 1 aliphatic heterocycles. The molecule has 3 aromatic rings. The Bertz CT molecular complexity index is 972. The van der Waals surface area contributed by atoms with Crippen LogP contribution < -0.4 is 5.73 Å². The summed E-state index contributed by atoms with van der Waals surface area (Å²) in [6.07, 6.45) is -0.818. The molecule has 2 aromatic carbocycles. The van der Waals surface area contributed by atoms with Crippen molar-refractivity contribution in [3.8, 4) is 11.1 Å². The van der Waals surface area contributed by atoms with E-state index in [4.69, 9.17) is 5.73 Å². The van der Waals surface area contributed by atoms with Gasteiger partial charge in [-0.25, -0.2) is 9.97 Å². The molecule has 150 valence electrons. The molecule has 2 heterocycles. The Morgan fingerprint density at radius 1 is 1.03 bits per heavy atom. The summed E-state index contributed by atoms with van der Waals surface area (Å²) >= 11 is 0. The Morgan fingerprint density at radius 3 is 2.45 bits per heavy atom. The molecule has 4 rings (SSSR count). The summed E-state index contributed by atoms with van der Waals surface area (Å²) in [5.41, 5.74) is 8.54. The number of anilines is 1. The number of nitrogen functional groups attached to an aromatic ring is 1. The van der Waals surface area contributed by atoms with Crippen LogP contribution >= 0.6 is 0 Å². The third-order valence-corrected chi connectivity index (χ3v) is 5.27. The van der Waals surface area contributed by atoms with E-state index >= 15 is 0 Å². The second-order valence-corrected chi connectivity index (χ2v) is 7.22. The van der Waals surface area contributed by atoms with E-state index < -0.39 is 11.7 Å². The highest BCUT2D eigenvalue weighted by molar-refractivity contribution is 5.66. The van der Waals surface area contributed by atoms with Gasteiger partial charge in [-0.3, -0.25) is 4.90 Å². The maximum Gasteiger partial charge on any atom is 0.416 e. The van der Waals surface area contributed by atoms with Crippen molar-refractivity contribution >= 4 is 5.95 Å². The Hall–Kier alpha value is -2.93. The second kappa shape index (κ2) is 7.83. The van der Waals surface area contributed by atoms with Crippen molar-refractivity contribution in [2.75, 3.05) is 12.3 Å². The lowest BCUT2D eigenvalue weighted by Crippen LogP contribution is -2.24. The number of aromatic nitrogens is 2. The standard InChI is InChI=1S/C22H21F3N4/c23-22(24,25)17-10-8-16(9-11-17)18-13-27-21(26)28-20(18)19-7-4-12-29(19)14-15-5-2-1-3-6-15/h1-3,5-6,8-11,13,19H,4,7,12,14H2,(H2,26,27,28)/t19-/m1/s1. The van der Waals surface area contributed by atoms with Crippen LogP contribution in [0.4, 0.5) is 19.1 Å². The number of hydrogen-bond donors (Lipinski definition) is 1. The van der Waals surface area contributed by atoms with Crippen molar-refractivity contribution in [1.29, 1.82) is 0 Å². The minimum Gasteiger partial charge on any atom is -0.368 e. The average molecular weight is 398 g/mol. The molecule has 0 aliphatic carbocycles. The van der Waals surface area contributed by atoms with Crippen molar-refractivity contribution < 1.29 is 13.2 Å². The van der Waals surface area contributed by atoms with Crippen LogP contribution in [0, 0.1) is 0 Å². The van der Waals surface area contributed by atoms with Gasteiger partial charge in [-0.1, -0.05) is 42.5 Å². The van der Waals surface area contributed by atoms with Crippen LogP contribution in [0.1, 0.15) is 35.7 Å². The molecule has 4 nitrogen and oxygen atoms in total. The molecule has 1 aliphatic rings. The van der Waals surface area contributed by atoms with Gasteiger partial charge in [0, 0.05) is 18.3 Å². The second-order valence-electron chi connectivity index (χ2n) is 7.22. The maximum atomic E-state index is 12.9. The van der Waals surface area contributed by atoms with Crippen molar-refractivity contribution in [1.82, 2.24) is 14.9 Å². The number of rotatable bonds is 4. The zero-order valence-corrected chi connectivity index (χ0v) is 15.7. The lowest BCUT2D eigenvalue weighted by molar-refractivity contribution is -0.137. The van der Waals surface area contributed by atoms with Crippen molar-refractivity contribution in [3.05, 3.63) is 77.6 Å². The van der Waals surface area contributed by atoms with Crippen LogP contribution in [0.25, 0.3) is 11.1 Å². The van der Waals surface area contributed by atoms with Gasteiger partial charge in [-0.2, -0.15) is 13.2 Å². The zero-order valence-electron chi connectivity index (χ0n) is 15.7. The maximum absolute atomic E-state index is 12.9. The number of halogens is 3. The smallest absolute Gasteiger partial charge is 0.368 e. The molecule has 1 aromatic heterocycles. The number of alkyl halides is 3. The van der Waals surface area contributed by atoms with Crippen LogP contribution in [-0.2, 0) is 12.7 Å². The predicted octanol–water partition coefficient (Wildman–Crippen LogP) is 5.08. The number of nitrogens with zero attached hydrogens (tertiary/aromatic N) is 3. The van der Waals surface area contributed by atoms with E-state index in [0.717, 1.165) is 49.3 Å². The molecule has 1 saturated heterocycles. The van der Waals surface area contributed by atoms with Gasteiger partial charge in [-0.15, -0.1) is 0 Å². The minimum absolute atomic E-state index is 0.0396. The van der Waals surface area contributed by atoms with Crippen LogP contribution in [0.2, 0.25) is 0 Å². The summed E-state index contributed by atoms with van der Waals surface area (Å²) in [5, 5.41) is 0. The summed E-state index contributed by atoms with van der Waals surface area (Å²) in [6, 6.07) is 15.3. The summed E-state index contributed by atoms with van der Waals surface area (Å²) in [6.45, 7) is 1.71. The Morgan fingerprint density at radius 2 is 1.76 bits per heavy atom. The predicted molar refractivity (Wildman–Crippen MR) is 106 cm³/mol. The number of nitrogens with two attached hydrogens (primary N) is 1. The molecule has 0 saturated carbocycles. The first-order valence-electron chi connectivity index (χ1n) is 9.50. The quantitative estimate of drug-likeness (QED) is 0.666. The van der Waals surface area contributed by atoms with E-state index in [9.17, 15) is 13.2 Å². The molecular weight excluding hydrogens is 377 g/mol. The Labute approximate surface area is 167 Å². The number of benzene rings is 2. The fourth-order valence-corrected chi connectivity index (χ4v) is 3.87. The van der Waals surface area contributed by atoms with Gasteiger partial charge in [-0.05, 0) is 42.6 Å². The molecular formula is C22H21F3N4. The topological polar surface area (TPSA) is 55.0 Å². The third-order valence-electron chi connectivity index (χ3n) is 5.27. The first-order chi connectivity index (χ1) is 13.9. The van der Waals surface area contributed by atoms with Gasteiger partial charge in [0.25, 0.3) is 0 Å². The van der Waals surface area contributed by atoms with Crippen LogP contribution in [-0.4, -0.2) is 21.4 Å². The highest BCUT2D eigenvalue weighted by Gasteiger charge is 2.32. The van der Waals surface area contributed by atoms with Crippen LogP contribution in [0.15, 0.2) is 60.8 Å². The average Bonchev–Trinajstić information content (AvgIpc) is 3.16. The summed E-state index contributed by atoms with van der Waals surface area (Å²) in [7, 11) is 0. The van der Waals surface area contributed by atoms with Gasteiger partial charge in [0.15, 0.2) is 0 Å². The largest absolute Gasteiger partial charge is 0.416 e. The monoisotopic (exact) mass is 398 g/mol. The van der Waals surface area contributed by atoms with Gasteiger partial charge in [0.05, 0.1) is 17.3 Å². The fraction of sp³-hybridized carbons (Fsp3) is 0.273. The molecule has 0 unspecified atom stereocenters. The Balaban J connectivity index is 1.68. The molecule has 7 heteroatoms. The number of likely N-dealkylation sites (tertiary alicyclic amines) is 1. The van der Waals surface area contributed by atoms with Crippen LogP contribution in [0.3, 0.4) is 0 Å². The number of hydrogen-bond acceptors (Lipinski definition) is 4. The van der Waals surface area contributed by atoms with Gasteiger partial charge >= 0.3 is 6.18 Å². The molecule has 0 radical (unpaired) electrons. The van der Waals surface area contributed by atoms with Crippen molar-refractivity contribution in [2.45, 2.75) is 31.6 Å². The highest BCUT2D eigenvalue weighted by Crippen LogP contribution is 2.38.